The van der Waals surface area contributed by atoms with Crippen LogP contribution in [0.15, 0.2) is 30.3 Å². The van der Waals surface area contributed by atoms with Crippen LogP contribution in [0.5, 0.6) is 5.75 Å². The molecule has 0 aliphatic heterocycles. The Balaban J connectivity index is 2.34. The molecule has 2 rings (SSSR count). The van der Waals surface area contributed by atoms with E-state index in [1.54, 1.807) is 7.11 Å². The minimum atomic E-state index is -0.0799. The van der Waals surface area contributed by atoms with Crippen molar-refractivity contribution in [1.29, 1.82) is 0 Å². The topological polar surface area (TPSA) is 65.1 Å². The maximum atomic E-state index is 5.70. The first-order valence-corrected chi connectivity index (χ1v) is 6.32. The van der Waals surface area contributed by atoms with Crippen LogP contribution in [0.4, 0.5) is 0 Å². The maximum Gasteiger partial charge on any atom is 0.118 e. The average molecular weight is 260 g/mol. The average Bonchev–Trinajstić information content (AvgIpc) is 2.82. The highest BCUT2D eigenvalue weighted by Gasteiger charge is 2.17. The maximum absolute atomic E-state index is 5.70. The molecule has 1 aromatic carbocycles. The number of aromatic nitrogens is 2. The minimum Gasteiger partial charge on any atom is -0.497 e. The van der Waals surface area contributed by atoms with E-state index in [4.69, 9.17) is 10.6 Å². The largest absolute Gasteiger partial charge is 0.497 e. The van der Waals surface area contributed by atoms with Crippen molar-refractivity contribution < 1.29 is 4.74 Å². The van der Waals surface area contributed by atoms with Crippen molar-refractivity contribution in [3.8, 4) is 5.75 Å². The quantitative estimate of drug-likeness (QED) is 0.632. The van der Waals surface area contributed by atoms with Gasteiger partial charge in [0.1, 0.15) is 5.75 Å². The fourth-order valence-electron chi connectivity index (χ4n) is 2.14. The van der Waals surface area contributed by atoms with Gasteiger partial charge in [-0.3, -0.25) is 10.5 Å². The smallest absolute Gasteiger partial charge is 0.118 e. The van der Waals surface area contributed by atoms with Gasteiger partial charge in [0.15, 0.2) is 0 Å². The standard InChI is InChI=1S/C14H20N4O/c1-4-11-9-13(18(2)17-11)14(16-15)10-5-7-12(19-3)8-6-10/h5-9,14,16H,4,15H2,1-3H3. The Morgan fingerprint density at radius 3 is 2.53 bits per heavy atom. The number of hydrogen-bond acceptors (Lipinski definition) is 4. The summed E-state index contributed by atoms with van der Waals surface area (Å²) in [5.41, 5.74) is 6.03. The summed E-state index contributed by atoms with van der Waals surface area (Å²) in [6.45, 7) is 2.09. The Morgan fingerprint density at radius 1 is 1.37 bits per heavy atom. The molecule has 1 atom stereocenters. The van der Waals surface area contributed by atoms with Crippen LogP contribution < -0.4 is 16.0 Å². The van der Waals surface area contributed by atoms with Gasteiger partial charge in [-0.15, -0.1) is 0 Å². The molecule has 0 bridgehead atoms. The van der Waals surface area contributed by atoms with E-state index in [2.05, 4.69) is 23.5 Å². The lowest BCUT2D eigenvalue weighted by molar-refractivity contribution is 0.414. The Morgan fingerprint density at radius 2 is 2.05 bits per heavy atom. The molecule has 0 aliphatic rings. The first kappa shape index (κ1) is 13.6. The number of rotatable bonds is 5. The molecule has 0 fully saturated rings. The Labute approximate surface area is 113 Å². The van der Waals surface area contributed by atoms with E-state index < -0.39 is 0 Å². The van der Waals surface area contributed by atoms with Gasteiger partial charge in [0.25, 0.3) is 0 Å². The zero-order valence-electron chi connectivity index (χ0n) is 11.6. The Bertz CT molecular complexity index is 533. The van der Waals surface area contributed by atoms with E-state index in [-0.39, 0.29) is 6.04 Å². The van der Waals surface area contributed by atoms with E-state index in [0.717, 1.165) is 29.1 Å². The van der Waals surface area contributed by atoms with Crippen molar-refractivity contribution in [3.63, 3.8) is 0 Å². The van der Waals surface area contributed by atoms with Gasteiger partial charge in [-0.2, -0.15) is 5.10 Å². The van der Waals surface area contributed by atoms with Gasteiger partial charge in [0, 0.05) is 7.05 Å². The van der Waals surface area contributed by atoms with Gasteiger partial charge < -0.3 is 4.74 Å². The van der Waals surface area contributed by atoms with E-state index in [1.165, 1.54) is 0 Å². The third kappa shape index (κ3) is 2.77. The number of nitrogens with one attached hydrogen (secondary N) is 1. The highest BCUT2D eigenvalue weighted by Crippen LogP contribution is 2.23. The van der Waals surface area contributed by atoms with E-state index in [1.807, 2.05) is 36.0 Å². The number of hydrogen-bond donors (Lipinski definition) is 2. The third-order valence-corrected chi connectivity index (χ3v) is 3.24. The van der Waals surface area contributed by atoms with Crippen LogP contribution in [0, 0.1) is 0 Å². The van der Waals surface area contributed by atoms with Crippen LogP contribution in [0.3, 0.4) is 0 Å². The molecule has 5 heteroatoms. The van der Waals surface area contributed by atoms with Gasteiger partial charge in [-0.25, -0.2) is 5.43 Å². The highest BCUT2D eigenvalue weighted by atomic mass is 16.5. The second-order valence-corrected chi connectivity index (χ2v) is 4.41. The zero-order valence-corrected chi connectivity index (χ0v) is 11.6. The number of benzene rings is 1. The molecule has 19 heavy (non-hydrogen) atoms. The first-order chi connectivity index (χ1) is 9.19. The van der Waals surface area contributed by atoms with Gasteiger partial charge in [0.05, 0.1) is 24.5 Å². The molecule has 0 radical (unpaired) electrons. The summed E-state index contributed by atoms with van der Waals surface area (Å²) in [5.74, 6) is 6.54. The minimum absolute atomic E-state index is 0.0799. The van der Waals surface area contributed by atoms with Crippen LogP contribution in [0.1, 0.15) is 29.9 Å². The van der Waals surface area contributed by atoms with Crippen LogP contribution in [0.2, 0.25) is 0 Å². The lowest BCUT2D eigenvalue weighted by Crippen LogP contribution is -2.30. The number of methoxy groups -OCH3 is 1. The van der Waals surface area contributed by atoms with Crippen molar-refractivity contribution in [2.45, 2.75) is 19.4 Å². The molecular formula is C14H20N4O. The molecule has 0 spiro atoms. The molecule has 0 saturated heterocycles. The van der Waals surface area contributed by atoms with Crippen LogP contribution in [-0.4, -0.2) is 16.9 Å². The number of nitrogens with two attached hydrogens (primary N) is 1. The third-order valence-electron chi connectivity index (χ3n) is 3.24. The van der Waals surface area contributed by atoms with Crippen LogP contribution >= 0.6 is 0 Å². The fraction of sp³-hybridized carbons (Fsp3) is 0.357. The molecule has 5 nitrogen and oxygen atoms in total. The SMILES string of the molecule is CCc1cc(C(NN)c2ccc(OC)cc2)n(C)n1. The summed E-state index contributed by atoms with van der Waals surface area (Å²) in [5, 5.41) is 4.45. The number of ether oxygens (including phenoxy) is 1. The number of nitrogens with zero attached hydrogens (tertiary/aromatic N) is 2. The summed E-state index contributed by atoms with van der Waals surface area (Å²) in [6.07, 6.45) is 0.910. The van der Waals surface area contributed by atoms with Crippen molar-refractivity contribution in [2.24, 2.45) is 12.9 Å². The van der Waals surface area contributed by atoms with Crippen molar-refractivity contribution in [1.82, 2.24) is 15.2 Å². The summed E-state index contributed by atoms with van der Waals surface area (Å²) >= 11 is 0. The molecule has 1 unspecified atom stereocenters. The molecule has 2 aromatic rings. The molecule has 0 amide bonds. The van der Waals surface area contributed by atoms with Gasteiger partial charge in [0.2, 0.25) is 0 Å². The molecule has 1 heterocycles. The number of aryl methyl sites for hydroxylation is 2. The monoisotopic (exact) mass is 260 g/mol. The first-order valence-electron chi connectivity index (χ1n) is 6.32. The molecule has 1 aromatic heterocycles. The summed E-state index contributed by atoms with van der Waals surface area (Å²) in [7, 11) is 3.59. The van der Waals surface area contributed by atoms with E-state index in [9.17, 15) is 0 Å². The zero-order chi connectivity index (χ0) is 13.8. The second kappa shape index (κ2) is 5.86. The van der Waals surface area contributed by atoms with Crippen LogP contribution in [0.25, 0.3) is 0 Å². The summed E-state index contributed by atoms with van der Waals surface area (Å²) in [4.78, 5) is 0. The molecule has 0 saturated carbocycles. The van der Waals surface area contributed by atoms with E-state index in [0.29, 0.717) is 0 Å². The number of hydrazine groups is 1. The summed E-state index contributed by atoms with van der Waals surface area (Å²) < 4.78 is 7.03. The Kier molecular flexibility index (Phi) is 4.19. The predicted octanol–water partition coefficient (Wildman–Crippen LogP) is 1.54. The lowest BCUT2D eigenvalue weighted by atomic mass is 10.0. The van der Waals surface area contributed by atoms with Gasteiger partial charge >= 0.3 is 0 Å². The van der Waals surface area contributed by atoms with Crippen molar-refractivity contribution in [3.05, 3.63) is 47.3 Å². The van der Waals surface area contributed by atoms with Gasteiger partial charge in [-0.05, 0) is 30.2 Å². The van der Waals surface area contributed by atoms with Crippen molar-refractivity contribution in [2.75, 3.05) is 7.11 Å². The molecule has 3 N–H and O–H groups in total. The molecular weight excluding hydrogens is 240 g/mol. The molecule has 102 valence electrons. The molecule has 0 aliphatic carbocycles. The lowest BCUT2D eigenvalue weighted by Gasteiger charge is -2.16. The predicted molar refractivity (Wildman–Crippen MR) is 74.7 cm³/mol. The van der Waals surface area contributed by atoms with Crippen LogP contribution in [-0.2, 0) is 13.5 Å². The highest BCUT2D eigenvalue weighted by molar-refractivity contribution is 5.33. The van der Waals surface area contributed by atoms with Crippen molar-refractivity contribution >= 4 is 0 Å². The fourth-order valence-corrected chi connectivity index (χ4v) is 2.14. The normalized spacial score (nSPS) is 12.4. The Hall–Kier alpha value is -1.85. The van der Waals surface area contributed by atoms with E-state index >= 15 is 0 Å². The summed E-state index contributed by atoms with van der Waals surface area (Å²) in [6, 6.07) is 9.86. The van der Waals surface area contributed by atoms with Gasteiger partial charge in [-0.1, -0.05) is 19.1 Å². The second-order valence-electron chi connectivity index (χ2n) is 4.41.